The molecular formula is C26H30N6O2. The number of hydrogen-bond acceptors (Lipinski definition) is 6. The highest BCUT2D eigenvalue weighted by Gasteiger charge is 2.33. The van der Waals surface area contributed by atoms with Gasteiger partial charge in [-0.2, -0.15) is 0 Å². The van der Waals surface area contributed by atoms with Crippen molar-refractivity contribution >= 4 is 33.5 Å². The summed E-state index contributed by atoms with van der Waals surface area (Å²) in [4.78, 5) is 31.3. The van der Waals surface area contributed by atoms with E-state index in [9.17, 15) is 9.90 Å². The summed E-state index contributed by atoms with van der Waals surface area (Å²) in [5.74, 6) is 0.733. The van der Waals surface area contributed by atoms with Crippen molar-refractivity contribution < 1.29 is 9.90 Å². The molecule has 3 N–H and O–H groups in total. The molecule has 3 aromatic heterocycles. The van der Waals surface area contributed by atoms with Crippen molar-refractivity contribution in [1.82, 2.24) is 25.3 Å². The molecule has 8 nitrogen and oxygen atoms in total. The lowest BCUT2D eigenvalue weighted by Gasteiger charge is -2.39. The van der Waals surface area contributed by atoms with Crippen LogP contribution in [0.3, 0.4) is 0 Å². The lowest BCUT2D eigenvalue weighted by molar-refractivity contribution is -0.122. The van der Waals surface area contributed by atoms with Crippen molar-refractivity contribution in [2.45, 2.75) is 45.1 Å². The first-order chi connectivity index (χ1) is 16.4. The minimum atomic E-state index is -0.901. The number of rotatable bonds is 6. The molecule has 1 amide bonds. The Hall–Kier alpha value is -3.52. The summed E-state index contributed by atoms with van der Waals surface area (Å²) in [7, 11) is 0. The van der Waals surface area contributed by atoms with Gasteiger partial charge in [0.1, 0.15) is 5.82 Å². The van der Waals surface area contributed by atoms with Gasteiger partial charge in [-0.15, -0.1) is 0 Å². The maximum Gasteiger partial charge on any atom is 0.220 e. The number of amides is 1. The van der Waals surface area contributed by atoms with E-state index in [1.807, 2.05) is 24.5 Å². The second kappa shape index (κ2) is 9.02. The van der Waals surface area contributed by atoms with Crippen molar-refractivity contribution in [3.8, 4) is 0 Å². The smallest absolute Gasteiger partial charge is 0.220 e. The summed E-state index contributed by atoms with van der Waals surface area (Å²) in [6.45, 7) is 5.82. The Morgan fingerprint density at radius 3 is 2.76 bits per heavy atom. The number of aromatic nitrogens is 4. The average molecular weight is 459 g/mol. The van der Waals surface area contributed by atoms with Crippen LogP contribution in [0.4, 0.5) is 5.69 Å². The molecule has 0 bridgehead atoms. The molecule has 176 valence electrons. The first-order valence-corrected chi connectivity index (χ1v) is 11.8. The molecule has 4 heterocycles. The molecule has 0 unspecified atom stereocenters. The standard InChI is InChI=1S/C26H30N6O2/c1-17-13-21-22(14-18(17)2)31-24(30-21)3-4-25(33)29-16-26(34)7-11-32(12-8-26)23-6-10-28-20-5-9-27-15-19(20)23/h5-6,9-10,13-15,34H,3-4,7-8,11-12,16H2,1-2H3,(H,29,33)(H,30,31). The summed E-state index contributed by atoms with van der Waals surface area (Å²) in [6.07, 6.45) is 7.42. The molecule has 34 heavy (non-hydrogen) atoms. The fourth-order valence-corrected chi connectivity index (χ4v) is 4.62. The third-order valence-electron chi connectivity index (χ3n) is 6.90. The highest BCUT2D eigenvalue weighted by Crippen LogP contribution is 2.30. The number of nitrogens with zero attached hydrogens (tertiary/aromatic N) is 4. The monoisotopic (exact) mass is 458 g/mol. The number of anilines is 1. The second-order valence-corrected chi connectivity index (χ2v) is 9.35. The van der Waals surface area contributed by atoms with Crippen LogP contribution in [0.2, 0.25) is 0 Å². The number of fused-ring (bicyclic) bond motifs is 2. The molecule has 4 aromatic rings. The van der Waals surface area contributed by atoms with Crippen LogP contribution in [-0.4, -0.2) is 56.2 Å². The van der Waals surface area contributed by atoms with Crippen LogP contribution >= 0.6 is 0 Å². The zero-order valence-electron chi connectivity index (χ0n) is 19.6. The summed E-state index contributed by atoms with van der Waals surface area (Å²) in [6, 6.07) is 8.06. The van der Waals surface area contributed by atoms with Crippen LogP contribution in [-0.2, 0) is 11.2 Å². The number of carbonyl (C=O) groups is 1. The molecule has 0 atom stereocenters. The lowest BCUT2D eigenvalue weighted by atomic mass is 9.91. The maximum atomic E-state index is 12.5. The number of aryl methyl sites for hydroxylation is 3. The van der Waals surface area contributed by atoms with E-state index in [0.29, 0.717) is 38.8 Å². The molecule has 1 aromatic carbocycles. The minimum Gasteiger partial charge on any atom is -0.388 e. The number of imidazole rings is 1. The first kappa shape index (κ1) is 22.3. The Kier molecular flexibility index (Phi) is 5.91. The maximum absolute atomic E-state index is 12.5. The summed E-state index contributed by atoms with van der Waals surface area (Å²) in [5.41, 5.74) is 5.44. The van der Waals surface area contributed by atoms with E-state index in [0.717, 1.165) is 33.4 Å². The van der Waals surface area contributed by atoms with Crippen molar-refractivity contribution in [3.63, 3.8) is 0 Å². The molecule has 1 saturated heterocycles. The Labute approximate surface area is 198 Å². The zero-order valence-corrected chi connectivity index (χ0v) is 19.6. The molecule has 5 rings (SSSR count). The Balaban J connectivity index is 1.13. The molecule has 0 saturated carbocycles. The van der Waals surface area contributed by atoms with E-state index in [2.05, 4.69) is 56.1 Å². The van der Waals surface area contributed by atoms with Crippen molar-refractivity contribution in [2.75, 3.05) is 24.5 Å². The normalized spacial score (nSPS) is 15.7. The molecule has 1 fully saturated rings. The number of hydrogen-bond donors (Lipinski definition) is 3. The van der Waals surface area contributed by atoms with Crippen molar-refractivity contribution in [1.29, 1.82) is 0 Å². The number of H-pyrrole nitrogens is 1. The molecule has 0 spiro atoms. The Bertz CT molecular complexity index is 1300. The van der Waals surface area contributed by atoms with Crippen LogP contribution in [0.1, 0.15) is 36.2 Å². The number of aromatic amines is 1. The molecule has 1 aliphatic heterocycles. The number of benzene rings is 1. The lowest BCUT2D eigenvalue weighted by Crippen LogP contribution is -2.51. The van der Waals surface area contributed by atoms with Gasteiger partial charge in [-0.25, -0.2) is 4.98 Å². The van der Waals surface area contributed by atoms with E-state index in [4.69, 9.17) is 0 Å². The highest BCUT2D eigenvalue weighted by molar-refractivity contribution is 5.90. The molecule has 1 aliphatic rings. The molecule has 0 radical (unpaired) electrons. The van der Waals surface area contributed by atoms with Gasteiger partial charge in [-0.3, -0.25) is 14.8 Å². The van der Waals surface area contributed by atoms with Crippen LogP contribution < -0.4 is 10.2 Å². The number of piperidine rings is 1. The van der Waals surface area contributed by atoms with Crippen LogP contribution in [0.15, 0.2) is 42.9 Å². The number of aliphatic hydroxyl groups is 1. The second-order valence-electron chi connectivity index (χ2n) is 9.35. The van der Waals surface area contributed by atoms with Crippen LogP contribution in [0.25, 0.3) is 21.9 Å². The first-order valence-electron chi connectivity index (χ1n) is 11.8. The van der Waals surface area contributed by atoms with E-state index in [1.54, 1.807) is 6.20 Å². The zero-order chi connectivity index (χ0) is 23.7. The molecular weight excluding hydrogens is 428 g/mol. The molecule has 8 heteroatoms. The van der Waals surface area contributed by atoms with Crippen LogP contribution in [0, 0.1) is 13.8 Å². The van der Waals surface area contributed by atoms with Gasteiger partial charge < -0.3 is 20.3 Å². The summed E-state index contributed by atoms with van der Waals surface area (Å²) < 4.78 is 0. The summed E-state index contributed by atoms with van der Waals surface area (Å²) >= 11 is 0. The fraction of sp³-hybridized carbons (Fsp3) is 0.385. The fourth-order valence-electron chi connectivity index (χ4n) is 4.62. The third kappa shape index (κ3) is 4.59. The topological polar surface area (TPSA) is 107 Å². The Morgan fingerprint density at radius 1 is 1.15 bits per heavy atom. The average Bonchev–Trinajstić information content (AvgIpc) is 3.23. The third-order valence-corrected chi connectivity index (χ3v) is 6.90. The van der Waals surface area contributed by atoms with Gasteiger partial charge in [-0.1, -0.05) is 0 Å². The van der Waals surface area contributed by atoms with Gasteiger partial charge in [-0.05, 0) is 62.1 Å². The Morgan fingerprint density at radius 2 is 1.94 bits per heavy atom. The van der Waals surface area contributed by atoms with Gasteiger partial charge in [0.25, 0.3) is 0 Å². The minimum absolute atomic E-state index is 0.0742. The predicted molar refractivity (Wildman–Crippen MR) is 133 cm³/mol. The van der Waals surface area contributed by atoms with E-state index >= 15 is 0 Å². The predicted octanol–water partition coefficient (Wildman–Crippen LogP) is 3.20. The van der Waals surface area contributed by atoms with Gasteiger partial charge in [0.15, 0.2) is 0 Å². The van der Waals surface area contributed by atoms with E-state index in [-0.39, 0.29) is 12.5 Å². The van der Waals surface area contributed by atoms with Crippen molar-refractivity contribution in [2.24, 2.45) is 0 Å². The number of pyridine rings is 2. The van der Waals surface area contributed by atoms with Gasteiger partial charge in [0.2, 0.25) is 5.91 Å². The number of carbonyl (C=O) groups excluding carboxylic acids is 1. The highest BCUT2D eigenvalue weighted by atomic mass is 16.3. The van der Waals surface area contributed by atoms with Crippen molar-refractivity contribution in [3.05, 3.63) is 59.8 Å². The quantitative estimate of drug-likeness (QED) is 0.410. The molecule has 0 aliphatic carbocycles. The SMILES string of the molecule is Cc1cc2nc(CCC(=O)NCC3(O)CCN(c4ccnc5ccncc45)CC3)[nH]c2cc1C. The van der Waals surface area contributed by atoms with Crippen LogP contribution in [0.5, 0.6) is 0 Å². The largest absolute Gasteiger partial charge is 0.388 e. The van der Waals surface area contributed by atoms with Gasteiger partial charge >= 0.3 is 0 Å². The number of nitrogens with one attached hydrogen (secondary N) is 2. The van der Waals surface area contributed by atoms with E-state index in [1.165, 1.54) is 11.1 Å². The summed E-state index contributed by atoms with van der Waals surface area (Å²) in [5, 5.41) is 15.0. The van der Waals surface area contributed by atoms with Gasteiger partial charge in [0.05, 0.1) is 22.2 Å². The van der Waals surface area contributed by atoms with Gasteiger partial charge in [0, 0.05) is 62.1 Å². The van der Waals surface area contributed by atoms with E-state index < -0.39 is 5.60 Å².